The molecule has 0 spiro atoms. The van der Waals surface area contributed by atoms with Crippen molar-refractivity contribution in [3.8, 4) is 0 Å². The van der Waals surface area contributed by atoms with Gasteiger partial charge in [0, 0.05) is 0 Å². The summed E-state index contributed by atoms with van der Waals surface area (Å²) < 4.78 is 6.26. The quantitative estimate of drug-likeness (QED) is 0.565. The Morgan fingerprint density at radius 3 is 2.48 bits per heavy atom. The Bertz CT molecular complexity index is 1120. The number of carbonyl (C=O) groups is 2. The summed E-state index contributed by atoms with van der Waals surface area (Å²) in [4.78, 5) is 41.2. The lowest BCUT2D eigenvalue weighted by atomic mass is 9.95. The Kier molecular flexibility index (Phi) is 7.18. The van der Waals surface area contributed by atoms with E-state index in [0.717, 1.165) is 12.0 Å². The van der Waals surface area contributed by atoms with Gasteiger partial charge in [-0.05, 0) is 35.6 Å². The topological polar surface area (TPSA) is 90.3 Å². The summed E-state index contributed by atoms with van der Waals surface area (Å²) in [6, 6.07) is 14.8. The summed E-state index contributed by atoms with van der Waals surface area (Å²) in [5, 5.41) is 3.35. The van der Waals surface area contributed by atoms with Crippen LogP contribution < -0.4 is 10.9 Å². The van der Waals surface area contributed by atoms with Crippen LogP contribution in [0.1, 0.15) is 37.9 Å². The lowest BCUT2D eigenvalue weighted by molar-refractivity contribution is -0.149. The highest BCUT2D eigenvalue weighted by Gasteiger charge is 2.19. The molecule has 0 bridgehead atoms. The van der Waals surface area contributed by atoms with Gasteiger partial charge in [-0.25, -0.2) is 4.98 Å². The molecule has 0 unspecified atom stereocenters. The maximum absolute atomic E-state index is 12.5. The number of aryl methyl sites for hydroxylation is 1. The normalized spacial score (nSPS) is 12.0. The van der Waals surface area contributed by atoms with E-state index < -0.39 is 18.5 Å². The van der Waals surface area contributed by atoms with Crippen LogP contribution in [0.4, 0.5) is 0 Å². The fourth-order valence-electron chi connectivity index (χ4n) is 3.36. The van der Waals surface area contributed by atoms with Crippen LogP contribution in [0.3, 0.4) is 0 Å². The molecule has 31 heavy (non-hydrogen) atoms. The van der Waals surface area contributed by atoms with Gasteiger partial charge in [-0.15, -0.1) is 0 Å². The van der Waals surface area contributed by atoms with Gasteiger partial charge in [-0.3, -0.25) is 19.0 Å². The molecule has 3 aromatic rings. The predicted octanol–water partition coefficient (Wildman–Crippen LogP) is 3.02. The van der Waals surface area contributed by atoms with E-state index in [0.29, 0.717) is 10.9 Å². The van der Waals surface area contributed by atoms with E-state index in [9.17, 15) is 14.4 Å². The Morgan fingerprint density at radius 1 is 1.10 bits per heavy atom. The predicted molar refractivity (Wildman–Crippen MR) is 119 cm³/mol. The van der Waals surface area contributed by atoms with Crippen LogP contribution in [0.2, 0.25) is 0 Å². The molecule has 1 N–H and O–H groups in total. The number of amides is 1. The summed E-state index contributed by atoms with van der Waals surface area (Å²) in [7, 11) is 0. The zero-order valence-corrected chi connectivity index (χ0v) is 18.0. The number of ether oxygens (including phenoxy) is 1. The Labute approximate surface area is 181 Å². The molecule has 0 aliphatic carbocycles. The van der Waals surface area contributed by atoms with Crippen LogP contribution >= 0.6 is 0 Å². The minimum Gasteiger partial charge on any atom is -0.454 e. The lowest BCUT2D eigenvalue weighted by Gasteiger charge is -2.23. The van der Waals surface area contributed by atoms with Gasteiger partial charge in [0.15, 0.2) is 6.61 Å². The number of esters is 1. The van der Waals surface area contributed by atoms with Gasteiger partial charge < -0.3 is 10.1 Å². The minimum atomic E-state index is -0.678. The average Bonchev–Trinajstić information content (AvgIpc) is 2.78. The third kappa shape index (κ3) is 5.57. The first-order chi connectivity index (χ1) is 14.9. The Hall–Kier alpha value is -3.48. The lowest BCUT2D eigenvalue weighted by Crippen LogP contribution is -2.35. The van der Waals surface area contributed by atoms with Gasteiger partial charge in [0.05, 0.1) is 23.3 Å². The molecule has 0 saturated heterocycles. The standard InChI is InChI=1S/C24H27N3O4/c1-4-17-9-11-18(12-10-17)23(16(2)3)26-21(28)14-31-22(29)13-27-15-25-20-8-6-5-7-19(20)24(27)30/h5-12,15-16,23H,4,13-14H2,1-3H3,(H,26,28)/t23-/m1/s1. The first-order valence-corrected chi connectivity index (χ1v) is 10.4. The van der Waals surface area contributed by atoms with Crippen molar-refractivity contribution in [1.82, 2.24) is 14.9 Å². The van der Waals surface area contributed by atoms with Crippen LogP contribution in [0.5, 0.6) is 0 Å². The van der Waals surface area contributed by atoms with Crippen molar-refractivity contribution < 1.29 is 14.3 Å². The smallest absolute Gasteiger partial charge is 0.326 e. The van der Waals surface area contributed by atoms with E-state index in [1.807, 2.05) is 38.1 Å². The first kappa shape index (κ1) is 22.2. The molecule has 1 amide bonds. The number of hydrogen-bond donors (Lipinski definition) is 1. The maximum atomic E-state index is 12.5. The van der Waals surface area contributed by atoms with Gasteiger partial charge in [-0.2, -0.15) is 0 Å². The molecule has 0 aliphatic heterocycles. The molecular formula is C24H27N3O4. The monoisotopic (exact) mass is 421 g/mol. The van der Waals surface area contributed by atoms with Crippen molar-refractivity contribution in [1.29, 1.82) is 0 Å². The molecule has 7 heteroatoms. The SMILES string of the molecule is CCc1ccc([C@H](NC(=O)COC(=O)Cn2cnc3ccccc3c2=O)C(C)C)cc1. The highest BCUT2D eigenvalue weighted by atomic mass is 16.5. The molecule has 2 aromatic carbocycles. The third-order valence-corrected chi connectivity index (χ3v) is 5.13. The Balaban J connectivity index is 1.58. The zero-order valence-electron chi connectivity index (χ0n) is 18.0. The van der Waals surface area contributed by atoms with Crippen LogP contribution in [0, 0.1) is 5.92 Å². The van der Waals surface area contributed by atoms with Crippen molar-refractivity contribution in [2.45, 2.75) is 39.8 Å². The second-order valence-corrected chi connectivity index (χ2v) is 7.74. The Morgan fingerprint density at radius 2 is 1.81 bits per heavy atom. The number of nitrogens with one attached hydrogen (secondary N) is 1. The highest BCUT2D eigenvalue weighted by molar-refractivity contribution is 5.81. The molecule has 0 saturated carbocycles. The first-order valence-electron chi connectivity index (χ1n) is 10.4. The maximum Gasteiger partial charge on any atom is 0.326 e. The van der Waals surface area contributed by atoms with Crippen LogP contribution in [-0.4, -0.2) is 28.0 Å². The summed E-state index contributed by atoms with van der Waals surface area (Å²) in [6.45, 7) is 5.40. The van der Waals surface area contributed by atoms with Gasteiger partial charge in [0.25, 0.3) is 11.5 Å². The van der Waals surface area contributed by atoms with E-state index in [2.05, 4.69) is 17.2 Å². The van der Waals surface area contributed by atoms with E-state index in [1.165, 1.54) is 16.5 Å². The minimum absolute atomic E-state index is 0.161. The number of hydrogen-bond acceptors (Lipinski definition) is 5. The number of para-hydroxylation sites is 1. The van der Waals surface area contributed by atoms with Crippen LogP contribution in [0.15, 0.2) is 59.7 Å². The molecule has 162 valence electrons. The summed E-state index contributed by atoms with van der Waals surface area (Å²) >= 11 is 0. The van der Waals surface area contributed by atoms with Crippen molar-refractivity contribution in [2.75, 3.05) is 6.61 Å². The van der Waals surface area contributed by atoms with E-state index in [-0.39, 0.29) is 24.1 Å². The molecule has 0 aliphatic rings. The second-order valence-electron chi connectivity index (χ2n) is 7.74. The number of nitrogens with zero attached hydrogens (tertiary/aromatic N) is 2. The molecule has 0 radical (unpaired) electrons. The van der Waals surface area contributed by atoms with Crippen molar-refractivity contribution in [3.63, 3.8) is 0 Å². The molecule has 1 heterocycles. The molecular weight excluding hydrogens is 394 g/mol. The van der Waals surface area contributed by atoms with E-state index in [1.54, 1.807) is 24.3 Å². The van der Waals surface area contributed by atoms with Gasteiger partial charge in [0.2, 0.25) is 0 Å². The number of benzene rings is 2. The zero-order chi connectivity index (χ0) is 22.4. The number of rotatable bonds is 8. The fraction of sp³-hybridized carbons (Fsp3) is 0.333. The fourth-order valence-corrected chi connectivity index (χ4v) is 3.36. The largest absolute Gasteiger partial charge is 0.454 e. The summed E-state index contributed by atoms with van der Waals surface area (Å²) in [6.07, 6.45) is 2.26. The van der Waals surface area contributed by atoms with E-state index >= 15 is 0 Å². The molecule has 0 fully saturated rings. The summed E-state index contributed by atoms with van der Waals surface area (Å²) in [5.74, 6) is -0.910. The molecule has 1 atom stereocenters. The van der Waals surface area contributed by atoms with Crippen molar-refractivity contribution in [3.05, 3.63) is 76.3 Å². The average molecular weight is 421 g/mol. The highest BCUT2D eigenvalue weighted by Crippen LogP contribution is 2.22. The molecule has 3 rings (SSSR count). The summed E-state index contributed by atoms with van der Waals surface area (Å²) in [5.41, 5.74) is 2.45. The van der Waals surface area contributed by atoms with E-state index in [4.69, 9.17) is 4.74 Å². The molecule has 7 nitrogen and oxygen atoms in total. The number of carbonyl (C=O) groups excluding carboxylic acids is 2. The molecule has 1 aromatic heterocycles. The van der Waals surface area contributed by atoms with Crippen LogP contribution in [-0.2, 0) is 27.3 Å². The van der Waals surface area contributed by atoms with Crippen molar-refractivity contribution in [2.24, 2.45) is 5.92 Å². The van der Waals surface area contributed by atoms with Crippen LogP contribution in [0.25, 0.3) is 10.9 Å². The number of aromatic nitrogens is 2. The van der Waals surface area contributed by atoms with Crippen molar-refractivity contribution >= 4 is 22.8 Å². The van der Waals surface area contributed by atoms with Gasteiger partial charge in [-0.1, -0.05) is 57.2 Å². The third-order valence-electron chi connectivity index (χ3n) is 5.13. The van der Waals surface area contributed by atoms with Gasteiger partial charge >= 0.3 is 5.97 Å². The second kappa shape index (κ2) is 10.0. The van der Waals surface area contributed by atoms with Gasteiger partial charge in [0.1, 0.15) is 6.54 Å². The number of fused-ring (bicyclic) bond motifs is 1.